The van der Waals surface area contributed by atoms with E-state index in [1.165, 1.54) is 24.5 Å². The van der Waals surface area contributed by atoms with E-state index >= 15 is 0 Å². The number of hydrogen-bond acceptors (Lipinski definition) is 4. The molecule has 1 heterocycles. The number of hydrogen-bond donors (Lipinski definition) is 0. The average molecular weight is 359 g/mol. The van der Waals surface area contributed by atoms with Gasteiger partial charge in [-0.05, 0) is 30.3 Å². The Balaban J connectivity index is 2.40. The molecule has 0 bridgehead atoms. The second-order valence-electron chi connectivity index (χ2n) is 4.40. The molecular weight excluding hydrogens is 347 g/mol. The van der Waals surface area contributed by atoms with Crippen molar-refractivity contribution in [1.29, 1.82) is 5.26 Å². The zero-order chi connectivity index (χ0) is 16.2. The first-order valence-corrected chi connectivity index (χ1v) is 8.49. The van der Waals surface area contributed by atoms with Crippen molar-refractivity contribution < 1.29 is 12.8 Å². The Morgan fingerprint density at radius 3 is 2.68 bits per heavy atom. The van der Waals surface area contributed by atoms with Gasteiger partial charge in [0.05, 0.1) is 23.9 Å². The molecule has 0 saturated carbocycles. The number of rotatable bonds is 6. The van der Waals surface area contributed by atoms with Gasteiger partial charge in [-0.1, -0.05) is 23.2 Å². The van der Waals surface area contributed by atoms with Crippen LogP contribution < -0.4 is 0 Å². The molecule has 0 unspecified atom stereocenters. The van der Waals surface area contributed by atoms with E-state index in [0.29, 0.717) is 5.76 Å². The van der Waals surface area contributed by atoms with Crippen molar-refractivity contribution in [1.82, 2.24) is 4.31 Å². The summed E-state index contributed by atoms with van der Waals surface area (Å²) in [6.07, 6.45) is 1.51. The summed E-state index contributed by atoms with van der Waals surface area (Å²) in [7, 11) is -3.90. The second-order valence-corrected chi connectivity index (χ2v) is 7.15. The third-order valence-electron chi connectivity index (χ3n) is 2.90. The van der Waals surface area contributed by atoms with Crippen LogP contribution in [0.1, 0.15) is 12.2 Å². The lowest BCUT2D eigenvalue weighted by Crippen LogP contribution is -2.31. The molecule has 2 aromatic rings. The Bertz CT molecular complexity index is 783. The van der Waals surface area contributed by atoms with Gasteiger partial charge in [-0.25, -0.2) is 8.42 Å². The number of furan rings is 1. The van der Waals surface area contributed by atoms with Gasteiger partial charge in [0.1, 0.15) is 10.7 Å². The highest BCUT2D eigenvalue weighted by Crippen LogP contribution is 2.28. The zero-order valence-corrected chi connectivity index (χ0v) is 13.7. The number of nitriles is 1. The van der Waals surface area contributed by atoms with E-state index in [0.717, 1.165) is 4.31 Å². The lowest BCUT2D eigenvalue weighted by atomic mass is 10.4. The van der Waals surface area contributed by atoms with Gasteiger partial charge in [-0.15, -0.1) is 0 Å². The predicted molar refractivity (Wildman–Crippen MR) is 83.0 cm³/mol. The largest absolute Gasteiger partial charge is 0.468 e. The summed E-state index contributed by atoms with van der Waals surface area (Å²) in [6.45, 7) is 0.0439. The fourth-order valence-corrected chi connectivity index (χ4v) is 3.99. The van der Waals surface area contributed by atoms with Crippen molar-refractivity contribution in [2.45, 2.75) is 17.9 Å². The monoisotopic (exact) mass is 358 g/mol. The third-order valence-corrected chi connectivity index (χ3v) is 5.46. The standard InChI is InChI=1S/C14H12Cl2N2O3S/c15-11-4-5-13(16)14(9-11)22(19,20)18(7-2-6-17)10-12-3-1-8-21-12/h1,3-5,8-9H,2,7,10H2. The lowest BCUT2D eigenvalue weighted by Gasteiger charge is -2.21. The lowest BCUT2D eigenvalue weighted by molar-refractivity contribution is 0.368. The van der Waals surface area contributed by atoms with Crippen LogP contribution in [0.2, 0.25) is 10.0 Å². The van der Waals surface area contributed by atoms with Crippen LogP contribution in [0, 0.1) is 11.3 Å². The maximum atomic E-state index is 12.8. The normalized spacial score (nSPS) is 11.5. The first kappa shape index (κ1) is 16.8. The Kier molecular flexibility index (Phi) is 5.48. The number of sulfonamides is 1. The second kappa shape index (κ2) is 7.16. The van der Waals surface area contributed by atoms with E-state index in [1.54, 1.807) is 12.1 Å². The maximum Gasteiger partial charge on any atom is 0.245 e. The average Bonchev–Trinajstić information content (AvgIpc) is 2.98. The van der Waals surface area contributed by atoms with Gasteiger partial charge < -0.3 is 4.42 Å². The summed E-state index contributed by atoms with van der Waals surface area (Å²) < 4.78 is 31.9. The molecule has 22 heavy (non-hydrogen) atoms. The molecule has 2 rings (SSSR count). The molecule has 0 fully saturated rings. The minimum absolute atomic E-state index is 0.0137. The predicted octanol–water partition coefficient (Wildman–Crippen LogP) is 3.69. The minimum Gasteiger partial charge on any atom is -0.468 e. The Hall–Kier alpha value is -1.52. The molecule has 0 atom stereocenters. The maximum absolute atomic E-state index is 12.8. The highest BCUT2D eigenvalue weighted by molar-refractivity contribution is 7.89. The van der Waals surface area contributed by atoms with Crippen LogP contribution in [0.3, 0.4) is 0 Å². The summed E-state index contributed by atoms with van der Waals surface area (Å²) in [5.41, 5.74) is 0. The molecule has 0 spiro atoms. The van der Waals surface area contributed by atoms with Crippen LogP contribution in [0.25, 0.3) is 0 Å². The van der Waals surface area contributed by atoms with Crippen molar-refractivity contribution in [3.63, 3.8) is 0 Å². The van der Waals surface area contributed by atoms with Crippen molar-refractivity contribution in [3.05, 3.63) is 52.4 Å². The molecule has 0 aliphatic carbocycles. The van der Waals surface area contributed by atoms with Gasteiger partial charge in [0, 0.05) is 18.0 Å². The van der Waals surface area contributed by atoms with Gasteiger partial charge in [0.25, 0.3) is 0 Å². The number of nitrogens with zero attached hydrogens (tertiary/aromatic N) is 2. The molecule has 116 valence electrons. The molecule has 0 aliphatic rings. The van der Waals surface area contributed by atoms with Gasteiger partial charge in [0.2, 0.25) is 10.0 Å². The van der Waals surface area contributed by atoms with Crippen LogP contribution >= 0.6 is 23.2 Å². The fraction of sp³-hybridized carbons (Fsp3) is 0.214. The SMILES string of the molecule is N#CCCN(Cc1ccco1)S(=O)(=O)c1cc(Cl)ccc1Cl. The highest BCUT2D eigenvalue weighted by Gasteiger charge is 2.27. The summed E-state index contributed by atoms with van der Waals surface area (Å²) in [4.78, 5) is -0.0915. The van der Waals surface area contributed by atoms with E-state index < -0.39 is 10.0 Å². The molecule has 1 aromatic carbocycles. The molecular formula is C14H12Cl2N2O3S. The van der Waals surface area contributed by atoms with Crippen LogP contribution in [0.5, 0.6) is 0 Å². The minimum atomic E-state index is -3.90. The van der Waals surface area contributed by atoms with Crippen molar-refractivity contribution in [3.8, 4) is 6.07 Å². The van der Waals surface area contributed by atoms with E-state index in [2.05, 4.69) is 0 Å². The Labute approximate surface area is 138 Å². The first-order chi connectivity index (χ1) is 10.4. The Morgan fingerprint density at radius 1 is 1.27 bits per heavy atom. The molecule has 0 N–H and O–H groups in total. The summed E-state index contributed by atoms with van der Waals surface area (Å²) in [5, 5.41) is 9.07. The van der Waals surface area contributed by atoms with Crippen molar-refractivity contribution in [2.75, 3.05) is 6.54 Å². The van der Waals surface area contributed by atoms with Gasteiger partial charge >= 0.3 is 0 Å². The van der Waals surface area contributed by atoms with Crippen LogP contribution in [-0.2, 0) is 16.6 Å². The zero-order valence-electron chi connectivity index (χ0n) is 11.4. The fourth-order valence-electron chi connectivity index (χ4n) is 1.85. The first-order valence-electron chi connectivity index (χ1n) is 6.29. The molecule has 0 saturated heterocycles. The van der Waals surface area contributed by atoms with E-state index in [1.807, 2.05) is 6.07 Å². The molecule has 1 aromatic heterocycles. The van der Waals surface area contributed by atoms with E-state index in [4.69, 9.17) is 32.9 Å². The molecule has 0 radical (unpaired) electrons. The molecule has 8 heteroatoms. The third kappa shape index (κ3) is 3.81. The van der Waals surface area contributed by atoms with Crippen LogP contribution in [-0.4, -0.2) is 19.3 Å². The molecule has 0 amide bonds. The van der Waals surface area contributed by atoms with Gasteiger partial charge in [0.15, 0.2) is 0 Å². The van der Waals surface area contributed by atoms with Crippen LogP contribution in [0.15, 0.2) is 45.9 Å². The van der Waals surface area contributed by atoms with E-state index in [-0.39, 0.29) is 34.5 Å². The van der Waals surface area contributed by atoms with Gasteiger partial charge in [-0.2, -0.15) is 9.57 Å². The van der Waals surface area contributed by atoms with E-state index in [9.17, 15) is 8.42 Å². The Morgan fingerprint density at radius 2 is 2.05 bits per heavy atom. The number of benzene rings is 1. The summed E-state index contributed by atoms with van der Waals surface area (Å²) >= 11 is 11.8. The summed E-state index contributed by atoms with van der Waals surface area (Å²) in [5.74, 6) is 0.472. The smallest absolute Gasteiger partial charge is 0.245 e. The molecule has 5 nitrogen and oxygen atoms in total. The highest BCUT2D eigenvalue weighted by atomic mass is 35.5. The quantitative estimate of drug-likeness (QED) is 0.788. The molecule has 0 aliphatic heterocycles. The number of halogens is 2. The topological polar surface area (TPSA) is 74.3 Å². The summed E-state index contributed by atoms with van der Waals surface area (Å²) in [6, 6.07) is 9.48. The van der Waals surface area contributed by atoms with Crippen molar-refractivity contribution in [2.24, 2.45) is 0 Å². The van der Waals surface area contributed by atoms with Crippen molar-refractivity contribution >= 4 is 33.2 Å². The van der Waals surface area contributed by atoms with Crippen LogP contribution in [0.4, 0.5) is 0 Å². The van der Waals surface area contributed by atoms with Gasteiger partial charge in [-0.3, -0.25) is 0 Å².